The van der Waals surface area contributed by atoms with Crippen molar-refractivity contribution < 1.29 is 9.53 Å². The van der Waals surface area contributed by atoms with Gasteiger partial charge in [-0.05, 0) is 42.0 Å². The number of carbonyl (C=O) groups is 1. The topological polar surface area (TPSA) is 118 Å². The molecule has 0 spiro atoms. The van der Waals surface area contributed by atoms with Crippen LogP contribution in [0.4, 0.5) is 17.6 Å². The Morgan fingerprint density at radius 3 is 2.40 bits per heavy atom. The number of nitrogens with zero attached hydrogens (tertiary/aromatic N) is 5. The number of nitrogen functional groups attached to an aromatic ring is 1. The number of ether oxygens (including phenoxy) is 1. The summed E-state index contributed by atoms with van der Waals surface area (Å²) in [6.45, 7) is -0.169. The molecule has 1 heterocycles. The van der Waals surface area contributed by atoms with E-state index in [1.807, 2.05) is 6.07 Å². The van der Waals surface area contributed by atoms with E-state index in [4.69, 9.17) is 38.9 Å². The molecule has 30 heavy (non-hydrogen) atoms. The third-order valence-corrected chi connectivity index (χ3v) is 4.86. The summed E-state index contributed by atoms with van der Waals surface area (Å²) in [6, 6.07) is 13.8. The zero-order valence-corrected chi connectivity index (χ0v) is 17.4. The Bertz CT molecular complexity index is 1100. The normalized spacial score (nSPS) is 10.3. The fourth-order valence-electron chi connectivity index (χ4n) is 2.67. The number of anilines is 3. The van der Waals surface area contributed by atoms with E-state index in [2.05, 4.69) is 15.0 Å². The lowest BCUT2D eigenvalue weighted by Gasteiger charge is -2.22. The number of carbonyl (C=O) groups excluding carboxylic acids is 1. The van der Waals surface area contributed by atoms with Crippen molar-refractivity contribution >= 4 is 46.8 Å². The van der Waals surface area contributed by atoms with E-state index >= 15 is 0 Å². The van der Waals surface area contributed by atoms with Gasteiger partial charge in [0.1, 0.15) is 12.4 Å². The number of methoxy groups -OCH3 is 1. The SMILES string of the molecule is COC(=O)CN(c1ccc(C#N)cc1)c1nc(N)nc(Cc2c(Cl)cccc2Cl)n1. The van der Waals surface area contributed by atoms with Gasteiger partial charge in [0.05, 0.1) is 18.7 Å². The van der Waals surface area contributed by atoms with Crippen molar-refractivity contribution in [3.63, 3.8) is 0 Å². The number of nitrogens with two attached hydrogens (primary N) is 1. The summed E-state index contributed by atoms with van der Waals surface area (Å²) >= 11 is 12.5. The van der Waals surface area contributed by atoms with Gasteiger partial charge >= 0.3 is 5.97 Å². The Hall–Kier alpha value is -3.41. The second-order valence-corrected chi connectivity index (χ2v) is 6.92. The molecule has 2 aromatic carbocycles. The van der Waals surface area contributed by atoms with Crippen molar-refractivity contribution in [2.75, 3.05) is 24.3 Å². The van der Waals surface area contributed by atoms with Crippen LogP contribution in [0.15, 0.2) is 42.5 Å². The summed E-state index contributed by atoms with van der Waals surface area (Å²) < 4.78 is 4.79. The summed E-state index contributed by atoms with van der Waals surface area (Å²) in [5, 5.41) is 9.96. The third-order valence-electron chi connectivity index (χ3n) is 4.15. The second kappa shape index (κ2) is 9.39. The van der Waals surface area contributed by atoms with E-state index in [-0.39, 0.29) is 24.9 Å². The lowest BCUT2D eigenvalue weighted by atomic mass is 10.1. The van der Waals surface area contributed by atoms with Crippen molar-refractivity contribution in [1.82, 2.24) is 15.0 Å². The van der Waals surface area contributed by atoms with Crippen molar-refractivity contribution in [3.8, 4) is 6.07 Å². The summed E-state index contributed by atoms with van der Waals surface area (Å²) in [7, 11) is 1.28. The Morgan fingerprint density at radius 1 is 1.13 bits per heavy atom. The van der Waals surface area contributed by atoms with Crippen molar-refractivity contribution in [2.24, 2.45) is 0 Å². The molecule has 2 N–H and O–H groups in total. The molecule has 152 valence electrons. The molecule has 0 aliphatic carbocycles. The van der Waals surface area contributed by atoms with E-state index in [1.54, 1.807) is 42.5 Å². The molecule has 0 saturated heterocycles. The lowest BCUT2D eigenvalue weighted by molar-refractivity contribution is -0.138. The first-order valence-electron chi connectivity index (χ1n) is 8.69. The van der Waals surface area contributed by atoms with E-state index < -0.39 is 5.97 Å². The molecule has 0 bridgehead atoms. The summed E-state index contributed by atoms with van der Waals surface area (Å²) in [6.07, 6.45) is 0.220. The third kappa shape index (κ3) is 4.95. The minimum atomic E-state index is -0.506. The minimum absolute atomic E-state index is 0.0262. The van der Waals surface area contributed by atoms with Crippen LogP contribution in [0.25, 0.3) is 0 Å². The molecule has 0 fully saturated rings. The van der Waals surface area contributed by atoms with Gasteiger partial charge in [-0.1, -0.05) is 29.3 Å². The Morgan fingerprint density at radius 2 is 1.80 bits per heavy atom. The minimum Gasteiger partial charge on any atom is -0.468 e. The molecule has 3 aromatic rings. The average Bonchev–Trinajstić information content (AvgIpc) is 2.74. The number of esters is 1. The van der Waals surface area contributed by atoms with Crippen LogP contribution in [0.1, 0.15) is 17.0 Å². The van der Waals surface area contributed by atoms with Crippen molar-refractivity contribution in [3.05, 3.63) is 69.5 Å². The molecule has 8 nitrogen and oxygen atoms in total. The van der Waals surface area contributed by atoms with Crippen molar-refractivity contribution in [2.45, 2.75) is 6.42 Å². The second-order valence-electron chi connectivity index (χ2n) is 6.11. The molecule has 0 unspecified atom stereocenters. The highest BCUT2D eigenvalue weighted by Gasteiger charge is 2.20. The van der Waals surface area contributed by atoms with Gasteiger partial charge in [0, 0.05) is 22.2 Å². The van der Waals surface area contributed by atoms with Crippen LogP contribution in [-0.4, -0.2) is 34.6 Å². The summed E-state index contributed by atoms with van der Waals surface area (Å²) in [5.41, 5.74) is 7.60. The number of rotatable bonds is 6. The van der Waals surface area contributed by atoms with Gasteiger partial charge < -0.3 is 10.5 Å². The number of halogens is 2. The standard InChI is InChI=1S/C20H16Cl2N6O2/c1-30-18(29)11-28(13-7-5-12(10-23)6-8-13)20-26-17(25-19(24)27-20)9-14-15(21)3-2-4-16(14)22/h2-8H,9,11H2,1H3,(H2,24,25,26,27). The van der Waals surface area contributed by atoms with Gasteiger partial charge in [-0.25, -0.2) is 0 Å². The first-order valence-corrected chi connectivity index (χ1v) is 9.44. The molecule has 3 rings (SSSR count). The molecule has 0 radical (unpaired) electrons. The highest BCUT2D eigenvalue weighted by molar-refractivity contribution is 6.36. The van der Waals surface area contributed by atoms with Crippen LogP contribution in [0.3, 0.4) is 0 Å². The summed E-state index contributed by atoms with van der Waals surface area (Å²) in [4.78, 5) is 26.3. The first kappa shape index (κ1) is 21.3. The van der Waals surface area contributed by atoms with Gasteiger partial charge in [-0.15, -0.1) is 0 Å². The van der Waals surface area contributed by atoms with Crippen LogP contribution in [0.2, 0.25) is 10.0 Å². The number of aromatic nitrogens is 3. The van der Waals surface area contributed by atoms with E-state index in [1.165, 1.54) is 12.0 Å². The largest absolute Gasteiger partial charge is 0.468 e. The molecule has 0 aliphatic rings. The maximum absolute atomic E-state index is 12.0. The fourth-order valence-corrected chi connectivity index (χ4v) is 3.20. The maximum Gasteiger partial charge on any atom is 0.325 e. The predicted molar refractivity (Wildman–Crippen MR) is 114 cm³/mol. The Kier molecular flexibility index (Phi) is 6.67. The number of benzene rings is 2. The van der Waals surface area contributed by atoms with Crippen LogP contribution >= 0.6 is 23.2 Å². The number of hydrogen-bond acceptors (Lipinski definition) is 8. The van der Waals surface area contributed by atoms with Gasteiger partial charge in [0.15, 0.2) is 0 Å². The lowest BCUT2D eigenvalue weighted by Crippen LogP contribution is -2.28. The molecule has 10 heteroatoms. The highest BCUT2D eigenvalue weighted by Crippen LogP contribution is 2.28. The molecule has 1 aromatic heterocycles. The fraction of sp³-hybridized carbons (Fsp3) is 0.150. The van der Waals surface area contributed by atoms with E-state index in [9.17, 15) is 4.79 Å². The maximum atomic E-state index is 12.0. The highest BCUT2D eigenvalue weighted by atomic mass is 35.5. The molecule has 0 saturated carbocycles. The number of hydrogen-bond donors (Lipinski definition) is 1. The van der Waals surface area contributed by atoms with Crippen LogP contribution in [-0.2, 0) is 16.0 Å². The first-order chi connectivity index (χ1) is 14.4. The van der Waals surface area contributed by atoms with E-state index in [0.717, 1.165) is 0 Å². The molecule has 0 aliphatic heterocycles. The molecular weight excluding hydrogens is 427 g/mol. The smallest absolute Gasteiger partial charge is 0.325 e. The van der Waals surface area contributed by atoms with Gasteiger partial charge in [0.2, 0.25) is 11.9 Å². The van der Waals surface area contributed by atoms with Crippen LogP contribution in [0.5, 0.6) is 0 Å². The summed E-state index contributed by atoms with van der Waals surface area (Å²) in [5.74, 6) is -0.0532. The quantitative estimate of drug-likeness (QED) is 0.575. The van der Waals surface area contributed by atoms with E-state index in [0.29, 0.717) is 32.7 Å². The van der Waals surface area contributed by atoms with Crippen LogP contribution in [0, 0.1) is 11.3 Å². The number of nitriles is 1. The Balaban J connectivity index is 2.02. The monoisotopic (exact) mass is 442 g/mol. The molecular formula is C20H16Cl2N6O2. The zero-order chi connectivity index (χ0) is 21.7. The molecule has 0 atom stereocenters. The van der Waals surface area contributed by atoms with Crippen molar-refractivity contribution in [1.29, 1.82) is 5.26 Å². The predicted octanol–water partition coefficient (Wildman–Crippen LogP) is 3.53. The van der Waals surface area contributed by atoms with Gasteiger partial charge in [-0.3, -0.25) is 9.69 Å². The zero-order valence-electron chi connectivity index (χ0n) is 15.8. The van der Waals surface area contributed by atoms with Gasteiger partial charge in [-0.2, -0.15) is 20.2 Å². The van der Waals surface area contributed by atoms with Crippen LogP contribution < -0.4 is 10.6 Å². The average molecular weight is 443 g/mol. The van der Waals surface area contributed by atoms with Gasteiger partial charge in [0.25, 0.3) is 0 Å². The molecule has 0 amide bonds. The Labute approximate surface area is 182 Å².